The first-order valence-electron chi connectivity index (χ1n) is 5.87. The molecule has 1 amide bonds. The van der Waals surface area contributed by atoms with Gasteiger partial charge in [-0.2, -0.15) is 0 Å². The van der Waals surface area contributed by atoms with Crippen molar-refractivity contribution < 1.29 is 4.79 Å². The fraction of sp³-hybridized carbons (Fsp3) is 0.667. The Labute approximate surface area is 118 Å². The molecule has 1 aliphatic rings. The average Bonchev–Trinajstić information content (AvgIpc) is 2.43. The van der Waals surface area contributed by atoms with Gasteiger partial charge in [0.15, 0.2) is 0 Å². The van der Waals surface area contributed by atoms with Crippen molar-refractivity contribution in [2.75, 3.05) is 13.1 Å². The number of thiazole rings is 1. The Morgan fingerprint density at radius 2 is 2.06 bits per heavy atom. The standard InChI is InChI=1S/C12H19N3OS.ClH/c1-7-8(2)17-11(14-7)12(3,4)15-10(16)9-5-13-6-9;/h9,13H,5-6H2,1-4H3,(H,15,16);1H. The molecule has 0 spiro atoms. The summed E-state index contributed by atoms with van der Waals surface area (Å²) >= 11 is 1.66. The van der Waals surface area contributed by atoms with E-state index in [9.17, 15) is 4.79 Å². The van der Waals surface area contributed by atoms with Crippen molar-refractivity contribution >= 4 is 29.7 Å². The van der Waals surface area contributed by atoms with Gasteiger partial charge < -0.3 is 10.6 Å². The number of amides is 1. The Bertz CT molecular complexity index is 421. The van der Waals surface area contributed by atoms with Crippen LogP contribution in [-0.2, 0) is 10.3 Å². The summed E-state index contributed by atoms with van der Waals surface area (Å²) in [6, 6.07) is 0. The first-order chi connectivity index (χ1) is 7.90. The molecule has 1 aromatic heterocycles. The van der Waals surface area contributed by atoms with Crippen LogP contribution in [0, 0.1) is 19.8 Å². The van der Waals surface area contributed by atoms with Crippen molar-refractivity contribution in [3.8, 4) is 0 Å². The lowest BCUT2D eigenvalue weighted by atomic mass is 9.99. The van der Waals surface area contributed by atoms with Crippen molar-refractivity contribution in [2.24, 2.45) is 5.92 Å². The number of rotatable bonds is 3. The number of aryl methyl sites for hydroxylation is 2. The summed E-state index contributed by atoms with van der Waals surface area (Å²) < 4.78 is 0. The molecule has 0 radical (unpaired) electrons. The molecule has 18 heavy (non-hydrogen) atoms. The molecule has 1 aromatic rings. The largest absolute Gasteiger partial charge is 0.344 e. The summed E-state index contributed by atoms with van der Waals surface area (Å²) in [4.78, 5) is 17.7. The van der Waals surface area contributed by atoms with Gasteiger partial charge in [-0.3, -0.25) is 4.79 Å². The van der Waals surface area contributed by atoms with Gasteiger partial charge in [-0.05, 0) is 27.7 Å². The predicted molar refractivity (Wildman–Crippen MR) is 76.4 cm³/mol. The smallest absolute Gasteiger partial charge is 0.226 e. The predicted octanol–water partition coefficient (Wildman–Crippen LogP) is 1.75. The Hall–Kier alpha value is -0.650. The van der Waals surface area contributed by atoms with Crippen LogP contribution < -0.4 is 10.6 Å². The van der Waals surface area contributed by atoms with Gasteiger partial charge >= 0.3 is 0 Å². The zero-order valence-electron chi connectivity index (χ0n) is 11.2. The molecule has 2 N–H and O–H groups in total. The summed E-state index contributed by atoms with van der Waals surface area (Å²) in [6.07, 6.45) is 0. The highest BCUT2D eigenvalue weighted by Crippen LogP contribution is 2.27. The van der Waals surface area contributed by atoms with Gasteiger partial charge in [-0.15, -0.1) is 23.7 Å². The number of hydrogen-bond acceptors (Lipinski definition) is 4. The van der Waals surface area contributed by atoms with E-state index in [4.69, 9.17) is 0 Å². The third kappa shape index (κ3) is 3.02. The molecule has 1 fully saturated rings. The minimum absolute atomic E-state index is 0. The van der Waals surface area contributed by atoms with E-state index in [0.29, 0.717) is 0 Å². The molecule has 1 saturated heterocycles. The molecule has 2 heterocycles. The zero-order valence-corrected chi connectivity index (χ0v) is 12.8. The lowest BCUT2D eigenvalue weighted by Crippen LogP contribution is -2.54. The highest BCUT2D eigenvalue weighted by atomic mass is 35.5. The second-order valence-corrected chi connectivity index (χ2v) is 6.33. The third-order valence-electron chi connectivity index (χ3n) is 3.15. The second-order valence-electron chi connectivity index (χ2n) is 5.13. The zero-order chi connectivity index (χ0) is 12.6. The second kappa shape index (κ2) is 5.55. The Morgan fingerprint density at radius 3 is 2.44 bits per heavy atom. The molecular formula is C12H20ClN3OS. The minimum Gasteiger partial charge on any atom is -0.344 e. The van der Waals surface area contributed by atoms with Crippen molar-refractivity contribution in [1.82, 2.24) is 15.6 Å². The van der Waals surface area contributed by atoms with Crippen molar-refractivity contribution in [3.05, 3.63) is 15.6 Å². The summed E-state index contributed by atoms with van der Waals surface area (Å²) in [5, 5.41) is 7.17. The summed E-state index contributed by atoms with van der Waals surface area (Å²) in [5.41, 5.74) is 0.675. The Morgan fingerprint density at radius 1 is 1.44 bits per heavy atom. The van der Waals surface area contributed by atoms with Crippen LogP contribution in [0.1, 0.15) is 29.4 Å². The van der Waals surface area contributed by atoms with E-state index in [0.717, 1.165) is 23.8 Å². The van der Waals surface area contributed by atoms with Crippen LogP contribution in [0.25, 0.3) is 0 Å². The molecule has 0 aromatic carbocycles. The summed E-state index contributed by atoms with van der Waals surface area (Å²) in [6.45, 7) is 9.66. The third-order valence-corrected chi connectivity index (χ3v) is 4.55. The van der Waals surface area contributed by atoms with Gasteiger partial charge in [-0.1, -0.05) is 0 Å². The number of nitrogens with zero attached hydrogens (tertiary/aromatic N) is 1. The van der Waals surface area contributed by atoms with Crippen LogP contribution >= 0.6 is 23.7 Å². The van der Waals surface area contributed by atoms with Crippen LogP contribution in [0.15, 0.2) is 0 Å². The number of carbonyl (C=O) groups excluding carboxylic acids is 1. The molecule has 4 nitrogen and oxygen atoms in total. The molecule has 6 heteroatoms. The Kier molecular flexibility index (Phi) is 4.75. The fourth-order valence-electron chi connectivity index (χ4n) is 1.68. The van der Waals surface area contributed by atoms with Crippen molar-refractivity contribution in [3.63, 3.8) is 0 Å². The highest BCUT2D eigenvalue weighted by molar-refractivity contribution is 7.11. The van der Waals surface area contributed by atoms with Crippen LogP contribution in [0.3, 0.4) is 0 Å². The molecular weight excluding hydrogens is 270 g/mol. The van der Waals surface area contributed by atoms with Gasteiger partial charge in [0.2, 0.25) is 5.91 Å². The normalized spacial score (nSPS) is 15.8. The molecule has 0 saturated carbocycles. The van der Waals surface area contributed by atoms with E-state index < -0.39 is 0 Å². The lowest BCUT2D eigenvalue weighted by molar-refractivity contribution is -0.128. The van der Waals surface area contributed by atoms with Gasteiger partial charge in [0.1, 0.15) is 5.01 Å². The van der Waals surface area contributed by atoms with Crippen LogP contribution in [-0.4, -0.2) is 24.0 Å². The van der Waals surface area contributed by atoms with Crippen LogP contribution in [0.4, 0.5) is 0 Å². The number of nitrogens with one attached hydrogen (secondary N) is 2. The molecule has 1 aliphatic heterocycles. The summed E-state index contributed by atoms with van der Waals surface area (Å²) in [7, 11) is 0. The van der Waals surface area contributed by atoms with Crippen molar-refractivity contribution in [1.29, 1.82) is 0 Å². The van der Waals surface area contributed by atoms with E-state index in [1.807, 2.05) is 20.8 Å². The fourth-order valence-corrected chi connectivity index (χ4v) is 2.65. The molecule has 0 aliphatic carbocycles. The monoisotopic (exact) mass is 289 g/mol. The van der Waals surface area contributed by atoms with E-state index >= 15 is 0 Å². The molecule has 102 valence electrons. The highest BCUT2D eigenvalue weighted by Gasteiger charge is 2.32. The van der Waals surface area contributed by atoms with Crippen LogP contribution in [0.2, 0.25) is 0 Å². The van der Waals surface area contributed by atoms with Crippen LogP contribution in [0.5, 0.6) is 0 Å². The van der Waals surface area contributed by atoms with Crippen molar-refractivity contribution in [2.45, 2.75) is 33.2 Å². The maximum Gasteiger partial charge on any atom is 0.226 e. The maximum absolute atomic E-state index is 11.9. The molecule has 0 unspecified atom stereocenters. The van der Waals surface area contributed by atoms with E-state index in [-0.39, 0.29) is 29.8 Å². The lowest BCUT2D eigenvalue weighted by Gasteiger charge is -2.31. The van der Waals surface area contributed by atoms with E-state index in [1.54, 1.807) is 11.3 Å². The topological polar surface area (TPSA) is 54.0 Å². The number of halogens is 1. The van der Waals surface area contributed by atoms with Gasteiger partial charge in [0.25, 0.3) is 0 Å². The Balaban J connectivity index is 0.00000162. The summed E-state index contributed by atoms with van der Waals surface area (Å²) in [5.74, 6) is 0.246. The SMILES string of the molecule is Cc1nc(C(C)(C)NC(=O)C2CNC2)sc1C.Cl. The molecule has 0 bridgehead atoms. The van der Waals surface area contributed by atoms with Gasteiger partial charge in [0.05, 0.1) is 17.2 Å². The minimum atomic E-state index is -0.379. The first-order valence-corrected chi connectivity index (χ1v) is 6.69. The van der Waals surface area contributed by atoms with Gasteiger partial charge in [-0.25, -0.2) is 4.98 Å². The quantitative estimate of drug-likeness (QED) is 0.891. The average molecular weight is 290 g/mol. The van der Waals surface area contributed by atoms with E-state index in [1.165, 1.54) is 4.88 Å². The number of aromatic nitrogens is 1. The van der Waals surface area contributed by atoms with E-state index in [2.05, 4.69) is 22.5 Å². The van der Waals surface area contributed by atoms with Gasteiger partial charge in [0, 0.05) is 18.0 Å². The number of hydrogen-bond donors (Lipinski definition) is 2. The molecule has 2 rings (SSSR count). The molecule has 0 atom stereocenters. The maximum atomic E-state index is 11.9. The number of carbonyl (C=O) groups is 1. The first kappa shape index (κ1) is 15.4.